The van der Waals surface area contributed by atoms with Crippen molar-refractivity contribution in [2.45, 2.75) is 37.8 Å². The Hall–Kier alpha value is -2.45. The molecule has 5 heterocycles. The fourth-order valence-electron chi connectivity index (χ4n) is 3.80. The van der Waals surface area contributed by atoms with Crippen molar-refractivity contribution in [2.75, 3.05) is 26.4 Å². The third-order valence-electron chi connectivity index (χ3n) is 5.33. The number of hydrogen-bond donors (Lipinski definition) is 1. The minimum absolute atomic E-state index is 0.129. The van der Waals surface area contributed by atoms with E-state index >= 15 is 0 Å². The highest BCUT2D eigenvalue weighted by Crippen LogP contribution is 2.34. The smallest absolute Gasteiger partial charge is 0.225 e. The maximum absolute atomic E-state index is 6.22. The minimum atomic E-state index is 0.129. The summed E-state index contributed by atoms with van der Waals surface area (Å²) >= 11 is 0. The molecule has 3 aromatic rings. The summed E-state index contributed by atoms with van der Waals surface area (Å²) in [6.45, 7) is 3.05. The van der Waals surface area contributed by atoms with Crippen LogP contribution < -0.4 is 4.74 Å². The van der Waals surface area contributed by atoms with Gasteiger partial charge in [-0.3, -0.25) is 9.78 Å². The number of ether oxygens (including phenoxy) is 3. The van der Waals surface area contributed by atoms with Crippen LogP contribution in [0.5, 0.6) is 5.88 Å². The summed E-state index contributed by atoms with van der Waals surface area (Å²) in [6, 6.07) is 2.31. The monoisotopic (exact) mass is 369 g/mol. The standard InChI is InChI=1S/C19H23N5O3/c1-6-20-19(27-15-4-9-26-10-5-15)17-16(1)22-23-18(17)13-11-21-24(12-13)14-2-7-25-8-3-14/h1,6,11-12,14-15H,2-5,7-10H2,(H,22,23). The Bertz CT molecular complexity index is 909. The lowest BCUT2D eigenvalue weighted by Crippen LogP contribution is -2.26. The number of rotatable bonds is 4. The lowest BCUT2D eigenvalue weighted by molar-refractivity contribution is 0.0244. The lowest BCUT2D eigenvalue weighted by Gasteiger charge is -2.23. The van der Waals surface area contributed by atoms with Crippen LogP contribution in [0.3, 0.4) is 0 Å². The molecule has 3 aromatic heterocycles. The van der Waals surface area contributed by atoms with Crippen LogP contribution in [0.4, 0.5) is 0 Å². The third kappa shape index (κ3) is 3.30. The van der Waals surface area contributed by atoms with E-state index in [-0.39, 0.29) is 6.10 Å². The molecule has 27 heavy (non-hydrogen) atoms. The summed E-state index contributed by atoms with van der Waals surface area (Å²) in [5, 5.41) is 13.1. The molecule has 2 aliphatic rings. The maximum atomic E-state index is 6.22. The van der Waals surface area contributed by atoms with E-state index in [0.717, 1.165) is 74.3 Å². The number of H-pyrrole nitrogens is 1. The van der Waals surface area contributed by atoms with Crippen molar-refractivity contribution in [3.05, 3.63) is 24.7 Å². The van der Waals surface area contributed by atoms with E-state index in [1.165, 1.54) is 0 Å². The van der Waals surface area contributed by atoms with Gasteiger partial charge in [0.25, 0.3) is 0 Å². The summed E-state index contributed by atoms with van der Waals surface area (Å²) in [5.41, 5.74) is 2.72. The van der Waals surface area contributed by atoms with Gasteiger partial charge in [-0.1, -0.05) is 0 Å². The first-order chi connectivity index (χ1) is 13.4. The van der Waals surface area contributed by atoms with Gasteiger partial charge in [0.1, 0.15) is 11.8 Å². The minimum Gasteiger partial charge on any atom is -0.474 e. The van der Waals surface area contributed by atoms with Crippen molar-refractivity contribution < 1.29 is 14.2 Å². The van der Waals surface area contributed by atoms with Crippen molar-refractivity contribution in [3.63, 3.8) is 0 Å². The van der Waals surface area contributed by atoms with Crippen molar-refractivity contribution in [3.8, 4) is 17.1 Å². The molecule has 8 heteroatoms. The molecule has 0 spiro atoms. The van der Waals surface area contributed by atoms with E-state index in [9.17, 15) is 0 Å². The van der Waals surface area contributed by atoms with Gasteiger partial charge in [0.05, 0.1) is 36.4 Å². The van der Waals surface area contributed by atoms with E-state index in [0.29, 0.717) is 11.9 Å². The largest absolute Gasteiger partial charge is 0.474 e. The van der Waals surface area contributed by atoms with Crippen LogP contribution in [0.2, 0.25) is 0 Å². The number of aromatic nitrogens is 5. The molecule has 0 bridgehead atoms. The van der Waals surface area contributed by atoms with Crippen LogP contribution in [-0.2, 0) is 9.47 Å². The van der Waals surface area contributed by atoms with Crippen molar-refractivity contribution in [1.29, 1.82) is 0 Å². The SMILES string of the molecule is c1cc2[nH]nc(-c3cnn(C4CCOCC4)c3)c2c(OC2CCOCC2)n1. The van der Waals surface area contributed by atoms with Gasteiger partial charge in [-0.15, -0.1) is 0 Å². The molecule has 0 saturated carbocycles. The van der Waals surface area contributed by atoms with E-state index in [2.05, 4.69) is 26.5 Å². The normalized spacial score (nSPS) is 19.6. The van der Waals surface area contributed by atoms with Gasteiger partial charge in [-0.2, -0.15) is 10.2 Å². The van der Waals surface area contributed by atoms with E-state index in [1.54, 1.807) is 6.20 Å². The van der Waals surface area contributed by atoms with Gasteiger partial charge in [-0.05, 0) is 18.9 Å². The van der Waals surface area contributed by atoms with Crippen molar-refractivity contribution in [1.82, 2.24) is 25.0 Å². The summed E-state index contributed by atoms with van der Waals surface area (Å²) in [4.78, 5) is 4.49. The van der Waals surface area contributed by atoms with Crippen molar-refractivity contribution >= 4 is 10.9 Å². The van der Waals surface area contributed by atoms with Gasteiger partial charge >= 0.3 is 0 Å². The molecule has 142 valence electrons. The topological polar surface area (TPSA) is 87.1 Å². The predicted octanol–water partition coefficient (Wildman–Crippen LogP) is 2.73. The first-order valence-corrected chi connectivity index (χ1v) is 9.58. The van der Waals surface area contributed by atoms with Gasteiger partial charge in [-0.25, -0.2) is 4.98 Å². The van der Waals surface area contributed by atoms with E-state index < -0.39 is 0 Å². The van der Waals surface area contributed by atoms with Crippen LogP contribution >= 0.6 is 0 Å². The maximum Gasteiger partial charge on any atom is 0.225 e. The van der Waals surface area contributed by atoms with Crippen LogP contribution in [0.1, 0.15) is 31.7 Å². The van der Waals surface area contributed by atoms with E-state index in [4.69, 9.17) is 14.2 Å². The van der Waals surface area contributed by atoms with Gasteiger partial charge in [0.15, 0.2) is 0 Å². The van der Waals surface area contributed by atoms with Crippen LogP contribution in [0.15, 0.2) is 24.7 Å². The Morgan fingerprint density at radius 1 is 1.07 bits per heavy atom. The molecule has 5 rings (SSSR count). The Labute approximate surface area is 156 Å². The number of hydrogen-bond acceptors (Lipinski definition) is 6. The molecule has 0 unspecified atom stereocenters. The number of aromatic amines is 1. The average Bonchev–Trinajstić information content (AvgIpc) is 3.37. The quantitative estimate of drug-likeness (QED) is 0.761. The molecular formula is C19H23N5O3. The second-order valence-corrected chi connectivity index (χ2v) is 7.09. The molecule has 0 atom stereocenters. The molecule has 0 aromatic carbocycles. The van der Waals surface area contributed by atoms with Crippen LogP contribution in [-0.4, -0.2) is 57.5 Å². The molecular weight excluding hydrogens is 346 g/mol. The average molecular weight is 369 g/mol. The molecule has 0 aliphatic carbocycles. The zero-order valence-corrected chi connectivity index (χ0v) is 15.1. The highest BCUT2D eigenvalue weighted by Gasteiger charge is 2.22. The zero-order valence-electron chi connectivity index (χ0n) is 15.1. The number of fused-ring (bicyclic) bond motifs is 1. The fourth-order valence-corrected chi connectivity index (χ4v) is 3.80. The number of nitrogens with one attached hydrogen (secondary N) is 1. The first-order valence-electron chi connectivity index (χ1n) is 9.58. The highest BCUT2D eigenvalue weighted by molar-refractivity contribution is 5.96. The second kappa shape index (κ2) is 7.28. The summed E-state index contributed by atoms with van der Waals surface area (Å²) in [7, 11) is 0. The van der Waals surface area contributed by atoms with Crippen LogP contribution in [0, 0.1) is 0 Å². The predicted molar refractivity (Wildman–Crippen MR) is 98.7 cm³/mol. The van der Waals surface area contributed by atoms with Gasteiger partial charge in [0.2, 0.25) is 5.88 Å². The summed E-state index contributed by atoms with van der Waals surface area (Å²) in [6.07, 6.45) is 9.56. The Morgan fingerprint density at radius 2 is 1.85 bits per heavy atom. The highest BCUT2D eigenvalue weighted by atomic mass is 16.5. The van der Waals surface area contributed by atoms with Crippen LogP contribution in [0.25, 0.3) is 22.2 Å². The molecule has 2 fully saturated rings. The Kier molecular flexibility index (Phi) is 4.51. The Morgan fingerprint density at radius 3 is 2.67 bits per heavy atom. The van der Waals surface area contributed by atoms with Gasteiger partial charge < -0.3 is 14.2 Å². The molecule has 1 N–H and O–H groups in total. The first kappa shape index (κ1) is 16.7. The Balaban J connectivity index is 1.47. The molecule has 8 nitrogen and oxygen atoms in total. The number of nitrogens with zero attached hydrogens (tertiary/aromatic N) is 4. The molecule has 2 aliphatic heterocycles. The number of pyridine rings is 1. The molecule has 2 saturated heterocycles. The zero-order chi connectivity index (χ0) is 18.1. The summed E-state index contributed by atoms with van der Waals surface area (Å²) < 4.78 is 19.1. The van der Waals surface area contributed by atoms with Crippen molar-refractivity contribution in [2.24, 2.45) is 0 Å². The lowest BCUT2D eigenvalue weighted by atomic mass is 10.1. The molecule has 0 radical (unpaired) electrons. The summed E-state index contributed by atoms with van der Waals surface area (Å²) in [5.74, 6) is 0.627. The van der Waals surface area contributed by atoms with Gasteiger partial charge in [0, 0.05) is 44.0 Å². The third-order valence-corrected chi connectivity index (χ3v) is 5.33. The van der Waals surface area contributed by atoms with E-state index in [1.807, 2.05) is 16.9 Å². The second-order valence-electron chi connectivity index (χ2n) is 7.09. The fraction of sp³-hybridized carbons (Fsp3) is 0.526. The molecule has 0 amide bonds.